The van der Waals surface area contributed by atoms with Crippen molar-refractivity contribution in [3.05, 3.63) is 35.6 Å². The molecule has 3 aliphatic rings. The molecule has 4 atom stereocenters. The summed E-state index contributed by atoms with van der Waals surface area (Å²) in [6.07, 6.45) is 9.68. The standard InChI is InChI=1S/C25H25FN6OS/c26-24-16-3-1-2-14(8-16)9-20(24)32(17-5-6-17)25-29-12-19(30-31-25)18-7-4-15(10-21(18)33)22-13-28-23(11-27)34-22/h4,7,10,12-14,16-17,20,24,33H,1-3,5-6,8-9H2/t14-,16-,20+,24-/m0/s1. The Hall–Kier alpha value is -3.12. The van der Waals surface area contributed by atoms with E-state index in [0.29, 0.717) is 34.2 Å². The molecule has 9 heteroatoms. The van der Waals surface area contributed by atoms with Gasteiger partial charge in [0.2, 0.25) is 5.95 Å². The number of aromatic nitrogens is 4. The van der Waals surface area contributed by atoms with Gasteiger partial charge in [-0.2, -0.15) is 5.26 Å². The number of halogens is 1. The number of aromatic hydroxyl groups is 1. The predicted octanol–water partition coefficient (Wildman–Crippen LogP) is 5.12. The summed E-state index contributed by atoms with van der Waals surface area (Å²) in [7, 11) is 0. The molecule has 3 saturated carbocycles. The van der Waals surface area contributed by atoms with Crippen LogP contribution in [-0.4, -0.2) is 43.5 Å². The Morgan fingerprint density at radius 1 is 1.09 bits per heavy atom. The Bertz CT molecular complexity index is 1240. The number of phenols is 1. The molecular formula is C25H25FN6OS. The second-order valence-corrected chi connectivity index (χ2v) is 10.7. The van der Waals surface area contributed by atoms with E-state index in [-0.39, 0.29) is 17.7 Å². The zero-order valence-corrected chi connectivity index (χ0v) is 19.5. The number of rotatable bonds is 5. The summed E-state index contributed by atoms with van der Waals surface area (Å²) in [5.41, 5.74) is 1.76. The van der Waals surface area contributed by atoms with Gasteiger partial charge < -0.3 is 10.0 Å². The minimum absolute atomic E-state index is 0.0521. The van der Waals surface area contributed by atoms with Gasteiger partial charge in [0, 0.05) is 17.8 Å². The van der Waals surface area contributed by atoms with Crippen molar-refractivity contribution in [1.29, 1.82) is 5.26 Å². The molecule has 2 heterocycles. The topological polar surface area (TPSA) is 98.8 Å². The molecule has 174 valence electrons. The first-order chi connectivity index (χ1) is 16.6. The average Bonchev–Trinajstić information content (AvgIpc) is 3.57. The van der Waals surface area contributed by atoms with E-state index in [2.05, 4.69) is 25.1 Å². The Morgan fingerprint density at radius 2 is 1.97 bits per heavy atom. The molecule has 0 unspecified atom stereocenters. The van der Waals surface area contributed by atoms with Crippen LogP contribution in [0, 0.1) is 23.2 Å². The van der Waals surface area contributed by atoms with Crippen LogP contribution in [0.25, 0.3) is 21.7 Å². The number of hydrogen-bond acceptors (Lipinski definition) is 8. The highest BCUT2D eigenvalue weighted by Gasteiger charge is 2.47. The molecule has 0 saturated heterocycles. The fraction of sp³-hybridized carbons (Fsp3) is 0.480. The lowest BCUT2D eigenvalue weighted by Crippen LogP contribution is -2.52. The summed E-state index contributed by atoms with van der Waals surface area (Å²) >= 11 is 1.27. The lowest BCUT2D eigenvalue weighted by molar-refractivity contribution is 0.0628. The number of thiazole rings is 1. The molecule has 0 radical (unpaired) electrons. The monoisotopic (exact) mass is 476 g/mol. The maximum atomic E-state index is 15.5. The highest BCUT2D eigenvalue weighted by molar-refractivity contribution is 7.15. The number of nitrogens with zero attached hydrogens (tertiary/aromatic N) is 6. The van der Waals surface area contributed by atoms with Gasteiger partial charge in [0.25, 0.3) is 0 Å². The van der Waals surface area contributed by atoms with Crippen LogP contribution in [0.1, 0.15) is 50.0 Å². The predicted molar refractivity (Wildman–Crippen MR) is 127 cm³/mol. The van der Waals surface area contributed by atoms with E-state index in [1.54, 1.807) is 24.5 Å². The first-order valence-corrected chi connectivity index (χ1v) is 12.7. The number of anilines is 1. The number of nitriles is 1. The fourth-order valence-corrected chi connectivity index (χ4v) is 6.40. The van der Waals surface area contributed by atoms with Gasteiger partial charge in [-0.15, -0.1) is 21.5 Å². The summed E-state index contributed by atoms with van der Waals surface area (Å²) < 4.78 is 15.5. The minimum atomic E-state index is -0.842. The van der Waals surface area contributed by atoms with Crippen molar-refractivity contribution < 1.29 is 9.50 Å². The van der Waals surface area contributed by atoms with E-state index in [1.165, 1.54) is 17.8 Å². The Labute approximate surface area is 201 Å². The molecule has 1 aromatic carbocycles. The first kappa shape index (κ1) is 21.4. The molecule has 3 fully saturated rings. The van der Waals surface area contributed by atoms with Crippen molar-refractivity contribution in [2.75, 3.05) is 4.90 Å². The third-order valence-electron chi connectivity index (χ3n) is 7.45. The number of phenolic OH excluding ortho intramolecular Hbond substituents is 1. The van der Waals surface area contributed by atoms with Crippen molar-refractivity contribution in [3.8, 4) is 33.5 Å². The second-order valence-electron chi connectivity index (χ2n) is 9.70. The molecule has 0 aliphatic heterocycles. The quantitative estimate of drug-likeness (QED) is 0.545. The van der Waals surface area contributed by atoms with Crippen molar-refractivity contribution >= 4 is 17.3 Å². The number of benzene rings is 1. The van der Waals surface area contributed by atoms with Crippen LogP contribution in [-0.2, 0) is 0 Å². The SMILES string of the molecule is N#Cc1ncc(-c2ccc(-c3cnc(N(C4CC4)[C@@H]4C[C@H]5CCC[C@@H](C5)[C@@H]4F)nn3)c(O)c2)s1. The third kappa shape index (κ3) is 3.90. The highest BCUT2D eigenvalue weighted by atomic mass is 32.1. The van der Waals surface area contributed by atoms with Crippen LogP contribution in [0.4, 0.5) is 10.3 Å². The van der Waals surface area contributed by atoms with E-state index >= 15 is 4.39 Å². The lowest BCUT2D eigenvalue weighted by Gasteiger charge is -2.46. The maximum absolute atomic E-state index is 15.5. The van der Waals surface area contributed by atoms with Crippen LogP contribution in [0.2, 0.25) is 0 Å². The van der Waals surface area contributed by atoms with Gasteiger partial charge in [0.1, 0.15) is 23.7 Å². The van der Waals surface area contributed by atoms with Crippen LogP contribution >= 0.6 is 11.3 Å². The molecule has 3 aliphatic carbocycles. The van der Waals surface area contributed by atoms with Gasteiger partial charge in [-0.25, -0.2) is 14.4 Å². The minimum Gasteiger partial charge on any atom is -0.507 e. The number of hydrogen-bond donors (Lipinski definition) is 1. The third-order valence-corrected chi connectivity index (χ3v) is 8.40. The molecule has 3 aromatic rings. The molecule has 1 N–H and O–H groups in total. The van der Waals surface area contributed by atoms with Crippen molar-refractivity contribution in [3.63, 3.8) is 0 Å². The van der Waals surface area contributed by atoms with Crippen LogP contribution in [0.15, 0.2) is 30.6 Å². The average molecular weight is 477 g/mol. The van der Waals surface area contributed by atoms with Crippen LogP contribution in [0.3, 0.4) is 0 Å². The van der Waals surface area contributed by atoms with Gasteiger partial charge in [-0.3, -0.25) is 0 Å². The fourth-order valence-electron chi connectivity index (χ4n) is 5.70. The Balaban J connectivity index is 1.25. The summed E-state index contributed by atoms with van der Waals surface area (Å²) in [4.78, 5) is 11.5. The van der Waals surface area contributed by atoms with E-state index < -0.39 is 6.17 Å². The summed E-state index contributed by atoms with van der Waals surface area (Å²) in [6.45, 7) is 0. The molecule has 34 heavy (non-hydrogen) atoms. The molecule has 0 amide bonds. The molecular weight excluding hydrogens is 451 g/mol. The molecule has 2 bridgehead atoms. The van der Waals surface area contributed by atoms with Crippen LogP contribution in [0.5, 0.6) is 5.75 Å². The number of alkyl halides is 1. The summed E-state index contributed by atoms with van der Waals surface area (Å²) in [5.74, 6) is 1.30. The van der Waals surface area contributed by atoms with E-state index in [0.717, 1.165) is 49.0 Å². The van der Waals surface area contributed by atoms with Crippen molar-refractivity contribution in [1.82, 2.24) is 20.2 Å². The smallest absolute Gasteiger partial charge is 0.245 e. The molecule has 6 rings (SSSR count). The summed E-state index contributed by atoms with van der Waals surface area (Å²) in [6, 6.07) is 7.39. The Morgan fingerprint density at radius 3 is 2.68 bits per heavy atom. The zero-order valence-electron chi connectivity index (χ0n) is 18.6. The van der Waals surface area contributed by atoms with Gasteiger partial charge >= 0.3 is 0 Å². The summed E-state index contributed by atoms with van der Waals surface area (Å²) in [5, 5.41) is 28.8. The maximum Gasteiger partial charge on any atom is 0.245 e. The van der Waals surface area contributed by atoms with Gasteiger partial charge in [0.15, 0.2) is 5.01 Å². The normalized spacial score (nSPS) is 26.1. The van der Waals surface area contributed by atoms with E-state index in [9.17, 15) is 5.11 Å². The molecule has 0 spiro atoms. The highest BCUT2D eigenvalue weighted by Crippen LogP contribution is 2.46. The molecule has 2 aromatic heterocycles. The lowest BCUT2D eigenvalue weighted by atomic mass is 9.69. The second kappa shape index (κ2) is 8.58. The van der Waals surface area contributed by atoms with Gasteiger partial charge in [-0.1, -0.05) is 18.9 Å². The van der Waals surface area contributed by atoms with E-state index in [4.69, 9.17) is 5.26 Å². The van der Waals surface area contributed by atoms with Crippen molar-refractivity contribution in [2.45, 2.75) is 63.2 Å². The van der Waals surface area contributed by atoms with Gasteiger partial charge in [0.05, 0.1) is 17.1 Å². The van der Waals surface area contributed by atoms with Gasteiger partial charge in [-0.05, 0) is 61.6 Å². The Kier molecular flexibility index (Phi) is 5.41. The van der Waals surface area contributed by atoms with E-state index in [1.807, 2.05) is 12.1 Å². The first-order valence-electron chi connectivity index (χ1n) is 11.9. The number of fused-ring (bicyclic) bond motifs is 2. The van der Waals surface area contributed by atoms with Crippen LogP contribution < -0.4 is 4.90 Å². The zero-order chi connectivity index (χ0) is 23.2. The van der Waals surface area contributed by atoms with Crippen molar-refractivity contribution in [2.24, 2.45) is 11.8 Å². The largest absolute Gasteiger partial charge is 0.507 e. The molecule has 7 nitrogen and oxygen atoms in total.